The Balaban J connectivity index is 2.24. The predicted molar refractivity (Wildman–Crippen MR) is 71.1 cm³/mol. The molecule has 0 aliphatic rings. The molecule has 0 unspecified atom stereocenters. The summed E-state index contributed by atoms with van der Waals surface area (Å²) >= 11 is 0. The normalized spacial score (nSPS) is 11.8. The van der Waals surface area contributed by atoms with E-state index in [0.29, 0.717) is 0 Å². The molecule has 0 radical (unpaired) electrons. The van der Waals surface area contributed by atoms with E-state index >= 15 is 0 Å². The Morgan fingerprint density at radius 2 is 1.21 bits per heavy atom. The van der Waals surface area contributed by atoms with Crippen LogP contribution in [0, 0.1) is 0 Å². The van der Waals surface area contributed by atoms with Gasteiger partial charge in [0.1, 0.15) is 6.61 Å². The SMILES string of the molecule is FC(F)(F)COP(c1ccccc1)c1ccccc1. The summed E-state index contributed by atoms with van der Waals surface area (Å²) in [5, 5.41) is 1.54. The molecule has 0 fully saturated rings. The first-order valence-corrected chi connectivity index (χ1v) is 6.92. The van der Waals surface area contributed by atoms with E-state index in [0.717, 1.165) is 10.6 Å². The summed E-state index contributed by atoms with van der Waals surface area (Å²) in [7, 11) is -1.44. The van der Waals surface area contributed by atoms with Crippen LogP contribution in [0.5, 0.6) is 0 Å². The third kappa shape index (κ3) is 4.34. The molecule has 100 valence electrons. The maximum Gasteiger partial charge on any atom is 0.412 e. The molecule has 2 rings (SSSR count). The van der Waals surface area contributed by atoms with Crippen molar-refractivity contribution in [3.8, 4) is 0 Å². The molecule has 0 spiro atoms. The van der Waals surface area contributed by atoms with Gasteiger partial charge in [0.05, 0.1) is 8.15 Å². The first-order valence-electron chi connectivity index (χ1n) is 5.66. The van der Waals surface area contributed by atoms with Crippen molar-refractivity contribution in [3.05, 3.63) is 60.7 Å². The lowest BCUT2D eigenvalue weighted by atomic mass is 10.4. The van der Waals surface area contributed by atoms with E-state index < -0.39 is 20.9 Å². The Morgan fingerprint density at radius 1 is 0.789 bits per heavy atom. The first kappa shape index (κ1) is 14.0. The third-order valence-electron chi connectivity index (χ3n) is 2.34. The molecule has 0 N–H and O–H groups in total. The van der Waals surface area contributed by atoms with Crippen LogP contribution in [0.25, 0.3) is 0 Å². The number of rotatable bonds is 4. The van der Waals surface area contributed by atoms with Gasteiger partial charge in [-0.25, -0.2) is 0 Å². The minimum atomic E-state index is -4.32. The molecular weight excluding hydrogens is 272 g/mol. The monoisotopic (exact) mass is 284 g/mol. The van der Waals surface area contributed by atoms with Gasteiger partial charge >= 0.3 is 6.18 Å². The Kier molecular flexibility index (Phi) is 4.56. The van der Waals surface area contributed by atoms with Crippen LogP contribution >= 0.6 is 8.15 Å². The van der Waals surface area contributed by atoms with Crippen LogP contribution in [0.3, 0.4) is 0 Å². The van der Waals surface area contributed by atoms with Crippen molar-refractivity contribution >= 4 is 18.8 Å². The lowest BCUT2D eigenvalue weighted by molar-refractivity contribution is -0.151. The quantitative estimate of drug-likeness (QED) is 0.779. The minimum Gasteiger partial charge on any atom is -0.340 e. The molecule has 0 bridgehead atoms. The Labute approximate surface area is 110 Å². The number of alkyl halides is 3. The molecule has 19 heavy (non-hydrogen) atoms. The van der Waals surface area contributed by atoms with Crippen molar-refractivity contribution in [2.24, 2.45) is 0 Å². The van der Waals surface area contributed by atoms with Gasteiger partial charge in [-0.15, -0.1) is 0 Å². The smallest absolute Gasteiger partial charge is 0.340 e. The van der Waals surface area contributed by atoms with Gasteiger partial charge in [0.2, 0.25) is 0 Å². The zero-order valence-corrected chi connectivity index (χ0v) is 10.9. The van der Waals surface area contributed by atoms with Gasteiger partial charge < -0.3 is 4.52 Å². The fraction of sp³-hybridized carbons (Fsp3) is 0.143. The second-order valence-corrected chi connectivity index (χ2v) is 5.73. The van der Waals surface area contributed by atoms with E-state index in [1.165, 1.54) is 0 Å². The number of halogens is 3. The molecule has 0 aliphatic heterocycles. The molecular formula is C14H12F3OP. The molecule has 1 nitrogen and oxygen atoms in total. The summed E-state index contributed by atoms with van der Waals surface area (Å²) in [5.41, 5.74) is 0. The van der Waals surface area contributed by atoms with Crippen molar-refractivity contribution in [1.82, 2.24) is 0 Å². The van der Waals surface area contributed by atoms with Crippen LogP contribution in [-0.2, 0) is 4.52 Å². The minimum absolute atomic E-state index is 0.771. The zero-order valence-electron chi connectivity index (χ0n) is 9.97. The van der Waals surface area contributed by atoms with Gasteiger partial charge in [-0.2, -0.15) is 13.2 Å². The first-order chi connectivity index (χ1) is 9.06. The van der Waals surface area contributed by atoms with Gasteiger partial charge in [-0.3, -0.25) is 0 Å². The van der Waals surface area contributed by atoms with Crippen LogP contribution in [0.1, 0.15) is 0 Å². The lowest BCUT2D eigenvalue weighted by Crippen LogP contribution is -2.21. The fourth-order valence-corrected chi connectivity index (χ4v) is 3.32. The standard InChI is InChI=1S/C14H12F3OP/c15-14(16,17)11-18-19(12-7-3-1-4-8-12)13-9-5-2-6-10-13/h1-10H,11H2. The van der Waals surface area contributed by atoms with E-state index in [2.05, 4.69) is 0 Å². The maximum atomic E-state index is 12.3. The highest BCUT2D eigenvalue weighted by Crippen LogP contribution is 2.36. The second kappa shape index (κ2) is 6.18. The highest BCUT2D eigenvalue weighted by molar-refractivity contribution is 7.68. The fourth-order valence-electron chi connectivity index (χ4n) is 1.56. The van der Waals surface area contributed by atoms with Crippen molar-refractivity contribution in [2.45, 2.75) is 6.18 Å². The van der Waals surface area contributed by atoms with Gasteiger partial charge in [0.25, 0.3) is 0 Å². The average molecular weight is 284 g/mol. The second-order valence-electron chi connectivity index (χ2n) is 3.85. The maximum absolute atomic E-state index is 12.3. The number of hydrogen-bond acceptors (Lipinski definition) is 1. The zero-order chi connectivity index (χ0) is 13.7. The number of benzene rings is 2. The summed E-state index contributed by atoms with van der Waals surface area (Å²) < 4.78 is 42.1. The Hall–Kier alpha value is -1.38. The summed E-state index contributed by atoms with van der Waals surface area (Å²) in [5.74, 6) is 0. The largest absolute Gasteiger partial charge is 0.412 e. The van der Waals surface area contributed by atoms with Gasteiger partial charge in [-0.1, -0.05) is 60.7 Å². The molecule has 2 aromatic carbocycles. The Morgan fingerprint density at radius 3 is 1.58 bits per heavy atom. The summed E-state index contributed by atoms with van der Waals surface area (Å²) in [6, 6.07) is 18.0. The molecule has 0 heterocycles. The van der Waals surface area contributed by atoms with Crippen molar-refractivity contribution in [2.75, 3.05) is 6.61 Å². The van der Waals surface area contributed by atoms with Gasteiger partial charge in [-0.05, 0) is 0 Å². The van der Waals surface area contributed by atoms with Gasteiger partial charge in [0, 0.05) is 10.6 Å². The van der Waals surface area contributed by atoms with Crippen LogP contribution in [0.15, 0.2) is 60.7 Å². The molecule has 0 atom stereocenters. The molecule has 0 saturated heterocycles. The molecule has 0 amide bonds. The summed E-state index contributed by atoms with van der Waals surface area (Å²) in [6.07, 6.45) is -4.32. The highest BCUT2D eigenvalue weighted by atomic mass is 31.1. The Bertz CT molecular complexity index is 460. The van der Waals surface area contributed by atoms with Crippen LogP contribution in [-0.4, -0.2) is 12.8 Å². The van der Waals surface area contributed by atoms with E-state index in [4.69, 9.17) is 4.52 Å². The third-order valence-corrected chi connectivity index (χ3v) is 4.26. The molecule has 0 aliphatic carbocycles. The van der Waals surface area contributed by atoms with Crippen molar-refractivity contribution < 1.29 is 17.7 Å². The molecule has 5 heteroatoms. The molecule has 2 aromatic rings. The van der Waals surface area contributed by atoms with Crippen LogP contribution < -0.4 is 10.6 Å². The predicted octanol–water partition coefficient (Wildman–Crippen LogP) is 3.61. The van der Waals surface area contributed by atoms with E-state index in [1.807, 2.05) is 12.1 Å². The van der Waals surface area contributed by atoms with E-state index in [9.17, 15) is 13.2 Å². The van der Waals surface area contributed by atoms with Crippen LogP contribution in [0.4, 0.5) is 13.2 Å². The van der Waals surface area contributed by atoms with E-state index in [-0.39, 0.29) is 0 Å². The number of hydrogen-bond donors (Lipinski definition) is 0. The average Bonchev–Trinajstić information content (AvgIpc) is 2.40. The summed E-state index contributed by atoms with van der Waals surface area (Å²) in [4.78, 5) is 0. The molecule has 0 saturated carbocycles. The topological polar surface area (TPSA) is 9.23 Å². The van der Waals surface area contributed by atoms with Gasteiger partial charge in [0.15, 0.2) is 0 Å². The van der Waals surface area contributed by atoms with Crippen molar-refractivity contribution in [1.29, 1.82) is 0 Å². The highest BCUT2D eigenvalue weighted by Gasteiger charge is 2.30. The van der Waals surface area contributed by atoms with Crippen molar-refractivity contribution in [3.63, 3.8) is 0 Å². The van der Waals surface area contributed by atoms with Crippen LogP contribution in [0.2, 0.25) is 0 Å². The summed E-state index contributed by atoms with van der Waals surface area (Å²) in [6.45, 7) is -1.23. The lowest BCUT2D eigenvalue weighted by Gasteiger charge is -2.19. The van der Waals surface area contributed by atoms with E-state index in [1.54, 1.807) is 48.5 Å². The molecule has 0 aromatic heterocycles.